The van der Waals surface area contributed by atoms with E-state index in [9.17, 15) is 0 Å². The zero-order chi connectivity index (χ0) is 41.0. The fraction of sp³-hybridized carbons (Fsp3) is 0. The van der Waals surface area contributed by atoms with Crippen LogP contribution in [0.1, 0.15) is 0 Å². The zero-order valence-corrected chi connectivity index (χ0v) is 34.0. The maximum Gasteiger partial charge on any atom is 0.0547 e. The Labute approximate surface area is 360 Å². The van der Waals surface area contributed by atoms with E-state index in [1.165, 1.54) is 99.2 Å². The molecule has 0 fully saturated rings. The van der Waals surface area contributed by atoms with Crippen molar-refractivity contribution in [1.82, 2.24) is 9.13 Å². The highest BCUT2D eigenvalue weighted by Gasteiger charge is 2.19. The first kappa shape index (κ1) is 35.7. The number of nitrogens with zero attached hydrogens (tertiary/aromatic N) is 2. The highest BCUT2D eigenvalue weighted by atomic mass is 15.0. The molecule has 0 saturated carbocycles. The highest BCUT2D eigenvalue weighted by molar-refractivity contribution is 6.17. The molecule has 62 heavy (non-hydrogen) atoms. The zero-order valence-electron chi connectivity index (χ0n) is 34.0. The molecule has 12 rings (SSSR count). The highest BCUT2D eigenvalue weighted by Crippen LogP contribution is 2.42. The van der Waals surface area contributed by atoms with Gasteiger partial charge in [0.2, 0.25) is 0 Å². The number of rotatable bonds is 7. The lowest BCUT2D eigenvalue weighted by Crippen LogP contribution is -1.94. The Hall–Kier alpha value is -8.20. The van der Waals surface area contributed by atoms with Crippen molar-refractivity contribution in [3.05, 3.63) is 243 Å². The molecule has 0 atom stereocenters. The average Bonchev–Trinajstić information content (AvgIpc) is 3.87. The van der Waals surface area contributed by atoms with Gasteiger partial charge >= 0.3 is 0 Å². The smallest absolute Gasteiger partial charge is 0.0547 e. The van der Waals surface area contributed by atoms with Gasteiger partial charge in [-0.25, -0.2) is 0 Å². The van der Waals surface area contributed by atoms with Gasteiger partial charge in [-0.2, -0.15) is 0 Å². The Morgan fingerprint density at radius 1 is 0.210 bits per heavy atom. The van der Waals surface area contributed by atoms with E-state index in [2.05, 4.69) is 252 Å². The van der Waals surface area contributed by atoms with Gasteiger partial charge in [-0.3, -0.25) is 0 Å². The first-order chi connectivity index (χ1) is 30.7. The molecule has 0 spiro atoms. The predicted octanol–water partition coefficient (Wildman–Crippen LogP) is 16.2. The second-order valence-corrected chi connectivity index (χ2v) is 16.1. The van der Waals surface area contributed by atoms with E-state index >= 15 is 0 Å². The van der Waals surface area contributed by atoms with Gasteiger partial charge in [0, 0.05) is 32.9 Å². The molecule has 0 amide bonds. The van der Waals surface area contributed by atoms with Crippen molar-refractivity contribution in [2.75, 3.05) is 0 Å². The Kier molecular flexibility index (Phi) is 8.53. The van der Waals surface area contributed by atoms with E-state index in [4.69, 9.17) is 0 Å². The molecular weight excluding hydrogens is 749 g/mol. The Morgan fingerprint density at radius 3 is 1.34 bits per heavy atom. The van der Waals surface area contributed by atoms with Crippen LogP contribution in [0.25, 0.3) is 111 Å². The minimum atomic E-state index is 1.14. The van der Waals surface area contributed by atoms with Gasteiger partial charge < -0.3 is 9.13 Å². The first-order valence-corrected chi connectivity index (χ1v) is 21.3. The molecule has 2 aromatic heterocycles. The van der Waals surface area contributed by atoms with E-state index in [-0.39, 0.29) is 0 Å². The van der Waals surface area contributed by atoms with Crippen LogP contribution in [-0.4, -0.2) is 9.13 Å². The number of fused-ring (bicyclic) bond motifs is 6. The first-order valence-electron chi connectivity index (χ1n) is 21.3. The third-order valence-electron chi connectivity index (χ3n) is 12.5. The molecule has 2 heteroatoms. The van der Waals surface area contributed by atoms with Crippen LogP contribution < -0.4 is 0 Å². The van der Waals surface area contributed by atoms with E-state index in [1.807, 2.05) is 0 Å². The second-order valence-electron chi connectivity index (χ2n) is 16.1. The summed E-state index contributed by atoms with van der Waals surface area (Å²) in [6, 6.07) is 88.4. The van der Waals surface area contributed by atoms with Crippen LogP contribution in [0.15, 0.2) is 243 Å². The molecule has 2 nitrogen and oxygen atoms in total. The minimum absolute atomic E-state index is 1.14. The number of para-hydroxylation sites is 1. The van der Waals surface area contributed by atoms with Crippen LogP contribution in [-0.2, 0) is 0 Å². The normalized spacial score (nSPS) is 11.5. The molecule has 0 radical (unpaired) electrons. The van der Waals surface area contributed by atoms with Gasteiger partial charge in [0.1, 0.15) is 0 Å². The standard InChI is InChI=1S/C60H40N2/c1-4-15-41(16-5-1)44-29-33-50(34-30-44)61-56-27-11-10-25-53(56)54-39-47(31-35-57(54)61)48-32-36-58-55(40-48)60-52(49-23-12-21-45(37-49)42-17-6-2-7-18-42)26-14-28-59(60)62(58)51-24-13-22-46(38-51)43-19-8-3-9-20-43/h1-40H. The SMILES string of the molecule is c1ccc(-c2ccc(-n3c4ccccc4c4cc(-c5ccc6c(c5)c5c(-c7cccc(-c8ccccc8)c7)cccc5n6-c5cccc(-c6ccccc6)c5)ccc43)cc2)cc1. The molecule has 290 valence electrons. The van der Waals surface area contributed by atoms with Gasteiger partial charge in [-0.15, -0.1) is 0 Å². The van der Waals surface area contributed by atoms with Crippen LogP contribution in [0.3, 0.4) is 0 Å². The second kappa shape index (κ2) is 14.8. The molecule has 0 aliphatic heterocycles. The lowest BCUT2D eigenvalue weighted by atomic mass is 9.95. The summed E-state index contributed by atoms with van der Waals surface area (Å²) in [5.74, 6) is 0. The monoisotopic (exact) mass is 788 g/mol. The summed E-state index contributed by atoms with van der Waals surface area (Å²) in [5, 5.41) is 4.96. The van der Waals surface area contributed by atoms with Crippen LogP contribution in [0, 0.1) is 0 Å². The summed E-state index contributed by atoms with van der Waals surface area (Å²) in [6.45, 7) is 0. The lowest BCUT2D eigenvalue weighted by molar-refractivity contribution is 1.18. The van der Waals surface area contributed by atoms with Gasteiger partial charge in [0.05, 0.1) is 22.1 Å². The lowest BCUT2D eigenvalue weighted by Gasteiger charge is -2.11. The molecule has 0 bridgehead atoms. The number of benzene rings is 10. The Balaban J connectivity index is 1.04. The molecular formula is C60H40N2. The van der Waals surface area contributed by atoms with E-state index in [0.717, 1.165) is 11.4 Å². The average molecular weight is 789 g/mol. The fourth-order valence-electron chi connectivity index (χ4n) is 9.59. The van der Waals surface area contributed by atoms with Crippen LogP contribution in [0.2, 0.25) is 0 Å². The topological polar surface area (TPSA) is 9.86 Å². The van der Waals surface area contributed by atoms with Crippen LogP contribution in [0.5, 0.6) is 0 Å². The van der Waals surface area contributed by atoms with Gasteiger partial charge in [-0.1, -0.05) is 176 Å². The molecule has 10 aromatic carbocycles. The Bertz CT molecular complexity index is 3600. The predicted molar refractivity (Wildman–Crippen MR) is 262 cm³/mol. The van der Waals surface area contributed by atoms with E-state index < -0.39 is 0 Å². The number of hydrogen-bond donors (Lipinski definition) is 0. The molecule has 0 unspecified atom stereocenters. The maximum absolute atomic E-state index is 2.45. The summed E-state index contributed by atoms with van der Waals surface area (Å²) in [5.41, 5.74) is 19.1. The minimum Gasteiger partial charge on any atom is -0.309 e. The van der Waals surface area contributed by atoms with Crippen molar-refractivity contribution in [2.24, 2.45) is 0 Å². The summed E-state index contributed by atoms with van der Waals surface area (Å²) in [4.78, 5) is 0. The summed E-state index contributed by atoms with van der Waals surface area (Å²) < 4.78 is 4.85. The maximum atomic E-state index is 2.45. The van der Waals surface area contributed by atoms with Gasteiger partial charge in [-0.05, 0) is 122 Å². The van der Waals surface area contributed by atoms with E-state index in [0.29, 0.717) is 0 Å². The molecule has 2 heterocycles. The number of aromatic nitrogens is 2. The van der Waals surface area contributed by atoms with Gasteiger partial charge in [0.25, 0.3) is 0 Å². The van der Waals surface area contributed by atoms with Crippen molar-refractivity contribution < 1.29 is 0 Å². The quantitative estimate of drug-likeness (QED) is 0.152. The largest absolute Gasteiger partial charge is 0.309 e. The molecule has 0 aliphatic carbocycles. The molecule has 0 aliphatic rings. The number of hydrogen-bond acceptors (Lipinski definition) is 0. The molecule has 0 saturated heterocycles. The molecule has 0 N–H and O–H groups in total. The van der Waals surface area contributed by atoms with Crippen molar-refractivity contribution in [2.45, 2.75) is 0 Å². The van der Waals surface area contributed by atoms with Crippen LogP contribution >= 0.6 is 0 Å². The van der Waals surface area contributed by atoms with Crippen molar-refractivity contribution >= 4 is 43.6 Å². The molecule has 12 aromatic rings. The fourth-order valence-corrected chi connectivity index (χ4v) is 9.59. The third kappa shape index (κ3) is 6.04. The van der Waals surface area contributed by atoms with E-state index in [1.54, 1.807) is 0 Å². The van der Waals surface area contributed by atoms with Crippen molar-refractivity contribution in [3.63, 3.8) is 0 Å². The summed E-state index contributed by atoms with van der Waals surface area (Å²) in [7, 11) is 0. The summed E-state index contributed by atoms with van der Waals surface area (Å²) >= 11 is 0. The van der Waals surface area contributed by atoms with Crippen LogP contribution in [0.4, 0.5) is 0 Å². The summed E-state index contributed by atoms with van der Waals surface area (Å²) in [6.07, 6.45) is 0. The van der Waals surface area contributed by atoms with Crippen molar-refractivity contribution in [3.8, 4) is 67.0 Å². The Morgan fingerprint density at radius 2 is 0.645 bits per heavy atom. The van der Waals surface area contributed by atoms with Gasteiger partial charge in [0.15, 0.2) is 0 Å². The van der Waals surface area contributed by atoms with Crippen molar-refractivity contribution in [1.29, 1.82) is 0 Å². The third-order valence-corrected chi connectivity index (χ3v) is 12.5.